The van der Waals surface area contributed by atoms with Gasteiger partial charge in [-0.2, -0.15) is 0 Å². The molecule has 0 N–H and O–H groups in total. The Morgan fingerprint density at radius 1 is 1.60 bits per heavy atom. The van der Waals surface area contributed by atoms with Crippen LogP contribution in [0, 0.1) is 6.92 Å². The lowest BCUT2D eigenvalue weighted by Crippen LogP contribution is -2.21. The van der Waals surface area contributed by atoms with E-state index in [0.29, 0.717) is 5.56 Å². The van der Waals surface area contributed by atoms with E-state index in [9.17, 15) is 8.42 Å². The summed E-state index contributed by atoms with van der Waals surface area (Å²) in [6.45, 7) is 3.29. The molecule has 3 nitrogen and oxygen atoms in total. The van der Waals surface area contributed by atoms with E-state index in [1.807, 2.05) is 0 Å². The van der Waals surface area contributed by atoms with Crippen molar-refractivity contribution in [2.45, 2.75) is 24.1 Å². The van der Waals surface area contributed by atoms with Crippen molar-refractivity contribution in [3.05, 3.63) is 22.3 Å². The smallest absolute Gasteiger partial charge is 0.199 e. The van der Waals surface area contributed by atoms with Crippen LogP contribution in [0.3, 0.4) is 0 Å². The minimum absolute atomic E-state index is 0.0690. The number of sulfone groups is 1. The number of nitrogens with zero attached hydrogens (tertiary/aromatic N) is 1. The summed E-state index contributed by atoms with van der Waals surface area (Å²) >= 11 is 8.79. The van der Waals surface area contributed by atoms with Crippen LogP contribution >= 0.6 is 27.5 Å². The van der Waals surface area contributed by atoms with Crippen molar-refractivity contribution in [1.82, 2.24) is 4.98 Å². The number of halogens is 2. The van der Waals surface area contributed by atoms with Crippen molar-refractivity contribution >= 4 is 37.4 Å². The first-order valence-corrected chi connectivity index (χ1v) is 7.19. The third-order valence-electron chi connectivity index (χ3n) is 2.01. The quantitative estimate of drug-likeness (QED) is 0.806. The van der Waals surface area contributed by atoms with Gasteiger partial charge in [0.1, 0.15) is 0 Å². The Kier molecular flexibility index (Phi) is 4.14. The molecular weight excluding hydrogens is 302 g/mol. The van der Waals surface area contributed by atoms with Crippen molar-refractivity contribution in [2.75, 3.05) is 5.88 Å². The van der Waals surface area contributed by atoms with E-state index in [1.165, 1.54) is 6.20 Å². The Hall–Kier alpha value is -0.130. The van der Waals surface area contributed by atoms with Crippen molar-refractivity contribution in [3.8, 4) is 0 Å². The minimum atomic E-state index is -3.40. The summed E-state index contributed by atoms with van der Waals surface area (Å²) in [5.74, 6) is 0.0690. The summed E-state index contributed by atoms with van der Waals surface area (Å²) < 4.78 is 24.6. The average Bonchev–Trinajstić information content (AvgIpc) is 2.15. The summed E-state index contributed by atoms with van der Waals surface area (Å²) in [4.78, 5) is 3.93. The number of aryl methyl sites for hydroxylation is 1. The highest BCUT2D eigenvalue weighted by molar-refractivity contribution is 9.10. The standard InChI is InChI=1S/C9H11BrClNO2S/c1-6-3-8(10)5-12-9(6)15(13,14)7(2)4-11/h3,5,7H,4H2,1-2H3. The highest BCUT2D eigenvalue weighted by Crippen LogP contribution is 2.21. The minimum Gasteiger partial charge on any atom is -0.243 e. The van der Waals surface area contributed by atoms with Gasteiger partial charge in [-0.25, -0.2) is 13.4 Å². The van der Waals surface area contributed by atoms with Crippen molar-refractivity contribution in [1.29, 1.82) is 0 Å². The Morgan fingerprint density at radius 2 is 2.20 bits per heavy atom. The van der Waals surface area contributed by atoms with Gasteiger partial charge in [0.15, 0.2) is 14.9 Å². The highest BCUT2D eigenvalue weighted by Gasteiger charge is 2.25. The molecule has 0 aromatic carbocycles. The van der Waals surface area contributed by atoms with Gasteiger partial charge in [0.25, 0.3) is 0 Å². The van der Waals surface area contributed by atoms with Gasteiger partial charge in [0, 0.05) is 16.5 Å². The molecule has 0 radical (unpaired) electrons. The van der Waals surface area contributed by atoms with Crippen molar-refractivity contribution < 1.29 is 8.42 Å². The van der Waals surface area contributed by atoms with Gasteiger partial charge in [-0.3, -0.25) is 0 Å². The Bertz CT molecular complexity index is 461. The van der Waals surface area contributed by atoms with E-state index in [0.717, 1.165) is 4.47 Å². The van der Waals surface area contributed by atoms with Crippen LogP contribution in [0.25, 0.3) is 0 Å². The first-order valence-electron chi connectivity index (χ1n) is 4.31. The van der Waals surface area contributed by atoms with Crippen LogP contribution in [0.2, 0.25) is 0 Å². The molecule has 0 spiro atoms. The van der Waals surface area contributed by atoms with Crippen LogP contribution in [0.1, 0.15) is 12.5 Å². The molecule has 1 unspecified atom stereocenters. The fourth-order valence-electron chi connectivity index (χ4n) is 1.10. The molecule has 0 aliphatic rings. The molecule has 0 amide bonds. The molecule has 0 aliphatic heterocycles. The van der Waals surface area contributed by atoms with Gasteiger partial charge in [0.2, 0.25) is 0 Å². The van der Waals surface area contributed by atoms with Crippen LogP contribution in [0.15, 0.2) is 21.8 Å². The number of aromatic nitrogens is 1. The molecule has 0 saturated carbocycles. The summed E-state index contributed by atoms with van der Waals surface area (Å²) in [5, 5.41) is -0.509. The molecule has 1 heterocycles. The molecule has 1 atom stereocenters. The van der Waals surface area contributed by atoms with Gasteiger partial charge in [-0.1, -0.05) is 0 Å². The third kappa shape index (κ3) is 2.71. The molecular formula is C9H11BrClNO2S. The van der Waals surface area contributed by atoms with Crippen LogP contribution in [0.5, 0.6) is 0 Å². The number of pyridine rings is 1. The monoisotopic (exact) mass is 311 g/mol. The second-order valence-electron chi connectivity index (χ2n) is 3.29. The summed E-state index contributed by atoms with van der Waals surface area (Å²) in [7, 11) is -3.40. The van der Waals surface area contributed by atoms with E-state index in [-0.39, 0.29) is 10.9 Å². The third-order valence-corrected chi connectivity index (χ3v) is 5.29. The van der Waals surface area contributed by atoms with Gasteiger partial charge in [-0.15, -0.1) is 11.6 Å². The predicted octanol–water partition coefficient (Wildman–Crippen LogP) is 2.55. The Balaban J connectivity index is 3.28. The zero-order chi connectivity index (χ0) is 11.6. The second-order valence-corrected chi connectivity index (χ2v) is 6.79. The van der Waals surface area contributed by atoms with Gasteiger partial charge >= 0.3 is 0 Å². The van der Waals surface area contributed by atoms with E-state index in [1.54, 1.807) is 19.9 Å². The molecule has 1 aromatic heterocycles. The number of hydrogen-bond donors (Lipinski definition) is 0. The average molecular weight is 313 g/mol. The molecule has 15 heavy (non-hydrogen) atoms. The normalized spacial score (nSPS) is 13.9. The Labute approximate surface area is 103 Å². The van der Waals surface area contributed by atoms with Gasteiger partial charge in [-0.05, 0) is 41.4 Å². The van der Waals surface area contributed by atoms with Crippen LogP contribution < -0.4 is 0 Å². The van der Waals surface area contributed by atoms with Crippen LogP contribution in [-0.2, 0) is 9.84 Å². The predicted molar refractivity (Wildman–Crippen MR) is 64.0 cm³/mol. The topological polar surface area (TPSA) is 47.0 Å². The van der Waals surface area contributed by atoms with E-state index in [2.05, 4.69) is 20.9 Å². The molecule has 0 saturated heterocycles. The fraction of sp³-hybridized carbons (Fsp3) is 0.444. The maximum atomic E-state index is 11.9. The molecule has 6 heteroatoms. The van der Waals surface area contributed by atoms with E-state index >= 15 is 0 Å². The Morgan fingerprint density at radius 3 is 2.67 bits per heavy atom. The number of alkyl halides is 1. The van der Waals surface area contributed by atoms with Crippen molar-refractivity contribution in [2.24, 2.45) is 0 Å². The van der Waals surface area contributed by atoms with Gasteiger partial charge in [0.05, 0.1) is 5.25 Å². The first-order chi connectivity index (χ1) is 6.89. The summed E-state index contributed by atoms with van der Waals surface area (Å²) in [6, 6.07) is 1.72. The maximum Gasteiger partial charge on any atom is 0.199 e. The largest absolute Gasteiger partial charge is 0.243 e. The lowest BCUT2D eigenvalue weighted by molar-refractivity contribution is 0.583. The SMILES string of the molecule is Cc1cc(Br)cnc1S(=O)(=O)C(C)CCl. The molecule has 0 fully saturated rings. The number of hydrogen-bond acceptors (Lipinski definition) is 3. The maximum absolute atomic E-state index is 11.9. The van der Waals surface area contributed by atoms with Gasteiger partial charge < -0.3 is 0 Å². The first kappa shape index (κ1) is 12.9. The zero-order valence-corrected chi connectivity index (χ0v) is 11.5. The van der Waals surface area contributed by atoms with Crippen molar-refractivity contribution in [3.63, 3.8) is 0 Å². The summed E-state index contributed by atoms with van der Waals surface area (Å²) in [6.07, 6.45) is 1.47. The molecule has 1 rings (SSSR count). The highest BCUT2D eigenvalue weighted by atomic mass is 79.9. The van der Waals surface area contributed by atoms with Crippen LogP contribution in [-0.4, -0.2) is 24.5 Å². The van der Waals surface area contributed by atoms with E-state index in [4.69, 9.17) is 11.6 Å². The fourth-order valence-corrected chi connectivity index (χ4v) is 3.30. The molecule has 0 aliphatic carbocycles. The number of rotatable bonds is 3. The summed E-state index contributed by atoms with van der Waals surface area (Å²) in [5.41, 5.74) is 0.626. The zero-order valence-electron chi connectivity index (χ0n) is 8.37. The molecule has 0 bridgehead atoms. The molecule has 1 aromatic rings. The lowest BCUT2D eigenvalue weighted by Gasteiger charge is -2.11. The lowest BCUT2D eigenvalue weighted by atomic mass is 10.3. The second kappa shape index (κ2) is 4.80. The van der Waals surface area contributed by atoms with Crippen LogP contribution in [0.4, 0.5) is 0 Å². The van der Waals surface area contributed by atoms with E-state index < -0.39 is 15.1 Å². The molecule has 84 valence electrons.